The average Bonchev–Trinajstić information content (AvgIpc) is 2.54. The molecule has 0 saturated carbocycles. The second-order valence-corrected chi connectivity index (χ2v) is 6.70. The number of ether oxygens (including phenoxy) is 1. The predicted octanol–water partition coefficient (Wildman–Crippen LogP) is 4.60. The van der Waals surface area contributed by atoms with Gasteiger partial charge in [-0.25, -0.2) is 4.79 Å². The zero-order chi connectivity index (χ0) is 17.7. The molecule has 0 rings (SSSR count). The lowest BCUT2D eigenvalue weighted by molar-refractivity contribution is -0.159. The van der Waals surface area contributed by atoms with Crippen molar-refractivity contribution in [1.29, 1.82) is 0 Å². The van der Waals surface area contributed by atoms with Crippen LogP contribution in [-0.2, 0) is 14.3 Å². The van der Waals surface area contributed by atoms with Crippen molar-refractivity contribution in [2.75, 3.05) is 0 Å². The van der Waals surface area contributed by atoms with Gasteiger partial charge < -0.3 is 10.5 Å². The molecule has 0 aromatic heterocycles. The van der Waals surface area contributed by atoms with Crippen LogP contribution in [-0.4, -0.2) is 18.0 Å². The molecule has 136 valence electrons. The van der Waals surface area contributed by atoms with Gasteiger partial charge in [-0.2, -0.15) is 0 Å². The van der Waals surface area contributed by atoms with E-state index < -0.39 is 11.9 Å². The first kappa shape index (κ1) is 21.9. The van der Waals surface area contributed by atoms with Crippen LogP contribution in [0, 0.1) is 11.8 Å². The van der Waals surface area contributed by atoms with Gasteiger partial charge in [-0.3, -0.25) is 4.79 Å². The lowest BCUT2D eigenvalue weighted by Gasteiger charge is -2.26. The third-order valence-corrected chi connectivity index (χ3v) is 4.75. The van der Waals surface area contributed by atoms with E-state index in [4.69, 9.17) is 10.5 Å². The maximum Gasteiger partial charge on any atom is 0.396 e. The molecule has 0 spiro atoms. The van der Waals surface area contributed by atoms with Crippen LogP contribution < -0.4 is 5.73 Å². The minimum absolute atomic E-state index is 0.182. The molecule has 0 aliphatic heterocycles. The fraction of sp³-hybridized carbons (Fsp3) is 0.895. The summed E-state index contributed by atoms with van der Waals surface area (Å²) in [7, 11) is 0. The van der Waals surface area contributed by atoms with Gasteiger partial charge in [-0.1, -0.05) is 79.1 Å². The summed E-state index contributed by atoms with van der Waals surface area (Å²) < 4.78 is 5.42. The molecular weight excluding hydrogens is 290 g/mol. The Labute approximate surface area is 142 Å². The van der Waals surface area contributed by atoms with Crippen LogP contribution in [0.5, 0.6) is 0 Å². The highest BCUT2D eigenvalue weighted by atomic mass is 16.5. The molecular formula is C19H37NO3. The maximum absolute atomic E-state index is 11.6. The third kappa shape index (κ3) is 10.4. The second-order valence-electron chi connectivity index (χ2n) is 6.70. The lowest BCUT2D eigenvalue weighted by Crippen LogP contribution is -2.32. The van der Waals surface area contributed by atoms with Gasteiger partial charge in [0.25, 0.3) is 0 Å². The Morgan fingerprint density at radius 1 is 0.870 bits per heavy atom. The monoisotopic (exact) mass is 327 g/mol. The highest BCUT2D eigenvalue weighted by Gasteiger charge is 2.24. The number of esters is 1. The van der Waals surface area contributed by atoms with E-state index >= 15 is 0 Å². The number of unbranched alkanes of at least 4 members (excludes halogenated alkanes) is 2. The Balaban J connectivity index is 4.76. The van der Waals surface area contributed by atoms with Crippen LogP contribution in [0.15, 0.2) is 0 Å². The number of hydrogen-bond donors (Lipinski definition) is 1. The Bertz CT molecular complexity index is 313. The van der Waals surface area contributed by atoms with Gasteiger partial charge in [0.2, 0.25) is 0 Å². The predicted molar refractivity (Wildman–Crippen MR) is 94.9 cm³/mol. The van der Waals surface area contributed by atoms with Crippen molar-refractivity contribution >= 4 is 11.9 Å². The van der Waals surface area contributed by atoms with E-state index in [1.54, 1.807) is 0 Å². The smallest absolute Gasteiger partial charge is 0.396 e. The van der Waals surface area contributed by atoms with Crippen LogP contribution in [0.1, 0.15) is 91.9 Å². The van der Waals surface area contributed by atoms with Gasteiger partial charge in [0, 0.05) is 0 Å². The van der Waals surface area contributed by atoms with Crippen LogP contribution >= 0.6 is 0 Å². The second kappa shape index (κ2) is 13.4. The van der Waals surface area contributed by atoms with Crippen molar-refractivity contribution < 1.29 is 14.3 Å². The zero-order valence-corrected chi connectivity index (χ0v) is 15.6. The van der Waals surface area contributed by atoms with Crippen LogP contribution in [0.2, 0.25) is 0 Å². The third-order valence-electron chi connectivity index (χ3n) is 4.75. The molecule has 4 heteroatoms. The van der Waals surface area contributed by atoms with Crippen LogP contribution in [0.25, 0.3) is 0 Å². The Hall–Kier alpha value is -1.06. The Morgan fingerprint density at radius 2 is 1.30 bits per heavy atom. The molecule has 2 unspecified atom stereocenters. The topological polar surface area (TPSA) is 69.4 Å². The molecule has 2 atom stereocenters. The largest absolute Gasteiger partial charge is 0.455 e. The average molecular weight is 328 g/mol. The molecule has 0 radical (unpaired) electrons. The maximum atomic E-state index is 11.6. The first-order valence-corrected chi connectivity index (χ1v) is 9.48. The summed E-state index contributed by atoms with van der Waals surface area (Å²) in [5.41, 5.74) is 5.06. The molecule has 0 aliphatic carbocycles. The van der Waals surface area contributed by atoms with Gasteiger partial charge in [0.1, 0.15) is 6.10 Å². The van der Waals surface area contributed by atoms with E-state index in [0.29, 0.717) is 11.8 Å². The quantitative estimate of drug-likeness (QED) is 0.397. The van der Waals surface area contributed by atoms with Gasteiger partial charge >= 0.3 is 11.9 Å². The number of hydrogen-bond acceptors (Lipinski definition) is 3. The summed E-state index contributed by atoms with van der Waals surface area (Å²) in [6.07, 6.45) is 10.7. The molecule has 2 N–H and O–H groups in total. The number of primary amides is 1. The number of nitrogens with two attached hydrogens (primary N) is 1. The van der Waals surface area contributed by atoms with Gasteiger partial charge in [-0.05, 0) is 24.7 Å². The minimum atomic E-state index is -0.988. The van der Waals surface area contributed by atoms with Gasteiger partial charge in [-0.15, -0.1) is 0 Å². The van der Waals surface area contributed by atoms with E-state index in [-0.39, 0.29) is 6.10 Å². The van der Waals surface area contributed by atoms with Crippen molar-refractivity contribution in [3.63, 3.8) is 0 Å². The molecule has 1 amide bonds. The van der Waals surface area contributed by atoms with E-state index in [1.165, 1.54) is 25.7 Å². The van der Waals surface area contributed by atoms with Crippen molar-refractivity contribution in [1.82, 2.24) is 0 Å². The molecule has 0 saturated heterocycles. The van der Waals surface area contributed by atoms with Crippen molar-refractivity contribution in [2.24, 2.45) is 17.6 Å². The van der Waals surface area contributed by atoms with E-state index in [2.05, 4.69) is 27.7 Å². The number of carbonyl (C=O) groups excluding carboxylic acids is 2. The molecule has 0 aromatic rings. The summed E-state index contributed by atoms with van der Waals surface area (Å²) in [6, 6.07) is 0. The Kier molecular flexibility index (Phi) is 12.8. The van der Waals surface area contributed by atoms with E-state index in [9.17, 15) is 9.59 Å². The molecule has 0 aliphatic rings. The normalized spacial score (nSPS) is 15.0. The molecule has 23 heavy (non-hydrogen) atoms. The lowest BCUT2D eigenvalue weighted by atomic mass is 9.87. The molecule has 0 aromatic carbocycles. The van der Waals surface area contributed by atoms with Gasteiger partial charge in [0.15, 0.2) is 0 Å². The number of amides is 1. The van der Waals surface area contributed by atoms with Crippen LogP contribution in [0.3, 0.4) is 0 Å². The molecule has 0 fully saturated rings. The van der Waals surface area contributed by atoms with Crippen molar-refractivity contribution in [2.45, 2.75) is 98.0 Å². The first-order chi connectivity index (χ1) is 11.0. The first-order valence-electron chi connectivity index (χ1n) is 9.48. The number of carbonyl (C=O) groups is 2. The van der Waals surface area contributed by atoms with E-state index in [0.717, 1.165) is 38.5 Å². The SMILES string of the molecule is CCCCC(CC)CC(CC(CC)CCCC)OC(=O)C(N)=O. The van der Waals surface area contributed by atoms with E-state index in [1.807, 2.05) is 0 Å². The molecule has 0 heterocycles. The summed E-state index contributed by atoms with van der Waals surface area (Å²) in [6.45, 7) is 8.74. The molecule has 0 bridgehead atoms. The summed E-state index contributed by atoms with van der Waals surface area (Å²) in [5, 5.41) is 0. The summed E-state index contributed by atoms with van der Waals surface area (Å²) >= 11 is 0. The highest BCUT2D eigenvalue weighted by Crippen LogP contribution is 2.27. The fourth-order valence-electron chi connectivity index (χ4n) is 3.11. The fourth-order valence-corrected chi connectivity index (χ4v) is 3.11. The Morgan fingerprint density at radius 3 is 1.61 bits per heavy atom. The van der Waals surface area contributed by atoms with Crippen LogP contribution in [0.4, 0.5) is 0 Å². The van der Waals surface area contributed by atoms with Gasteiger partial charge in [0.05, 0.1) is 0 Å². The minimum Gasteiger partial charge on any atom is -0.455 e. The summed E-state index contributed by atoms with van der Waals surface area (Å²) in [4.78, 5) is 22.7. The standard InChI is InChI=1S/C19H37NO3/c1-5-9-11-15(7-3)13-17(23-19(22)18(20)21)14-16(8-4)12-10-6-2/h15-17H,5-14H2,1-4H3,(H2,20,21). The molecule has 4 nitrogen and oxygen atoms in total. The van der Waals surface area contributed by atoms with Crippen molar-refractivity contribution in [3.8, 4) is 0 Å². The summed E-state index contributed by atoms with van der Waals surface area (Å²) in [5.74, 6) is -0.780. The highest BCUT2D eigenvalue weighted by molar-refractivity contribution is 6.31. The zero-order valence-electron chi connectivity index (χ0n) is 15.6. The van der Waals surface area contributed by atoms with Crippen molar-refractivity contribution in [3.05, 3.63) is 0 Å². The number of rotatable bonds is 13.